The van der Waals surface area contributed by atoms with Gasteiger partial charge in [-0.15, -0.1) is 0 Å². The Balaban J connectivity index is 2.34. The average Bonchev–Trinajstić information content (AvgIpc) is 2.77. The van der Waals surface area contributed by atoms with E-state index in [9.17, 15) is 38.0 Å². The highest BCUT2D eigenvalue weighted by molar-refractivity contribution is 7.71. The summed E-state index contributed by atoms with van der Waals surface area (Å²) in [6.07, 6.45) is -6.33. The minimum atomic E-state index is -6.04. The lowest BCUT2D eigenvalue weighted by atomic mass is 9.96. The quantitative estimate of drug-likeness (QED) is 0.162. The van der Waals surface area contributed by atoms with E-state index in [1.165, 1.54) is 0 Å². The molecule has 0 spiro atoms. The lowest BCUT2D eigenvalue weighted by Gasteiger charge is -2.27. The number of nitrogens with one attached hydrogen (secondary N) is 1. The number of H-pyrrole nitrogens is 1. The molecule has 16 nitrogen and oxygen atoms in total. The zero-order valence-electron chi connectivity index (χ0n) is 16.8. The Morgan fingerprint density at radius 1 is 1.32 bits per heavy atom. The van der Waals surface area contributed by atoms with Crippen molar-refractivity contribution in [3.05, 3.63) is 27.1 Å². The maximum Gasteiger partial charge on any atom is 0.490 e. The normalized spacial score (nSPS) is 32.1. The number of rotatable bonds is 8. The van der Waals surface area contributed by atoms with Crippen molar-refractivity contribution >= 4 is 35.7 Å². The van der Waals surface area contributed by atoms with Crippen LogP contribution in [0.1, 0.15) is 15.9 Å². The van der Waals surface area contributed by atoms with Crippen molar-refractivity contribution in [1.82, 2.24) is 9.55 Å². The van der Waals surface area contributed by atoms with Crippen molar-refractivity contribution < 1.29 is 68.5 Å². The fourth-order valence-electron chi connectivity index (χ4n) is 2.29. The van der Waals surface area contributed by atoms with Gasteiger partial charge in [0.1, 0.15) is 22.4 Å². The van der Waals surface area contributed by atoms with Gasteiger partial charge in [-0.05, 0) is 6.92 Å². The van der Waals surface area contributed by atoms with Gasteiger partial charge in [0.05, 0.1) is 15.5 Å². The highest BCUT2D eigenvalue weighted by atomic mass is 32.1. The Hall–Kier alpha value is -0.680. The number of phosphoric ester groups is 1. The molecule has 21 heteroatoms. The predicted molar refractivity (Wildman–Crippen MR) is 96.2 cm³/mol. The molecule has 1 aliphatic heterocycles. The Labute approximate surface area is 179 Å². The van der Waals surface area contributed by atoms with Crippen molar-refractivity contribution in [2.75, 3.05) is 6.56 Å². The van der Waals surface area contributed by atoms with E-state index in [0.717, 1.165) is 6.92 Å². The lowest BCUT2D eigenvalue weighted by molar-refractivity contribution is -0.0989. The number of aliphatic hydroxyl groups excluding tert-OH is 1. The second kappa shape index (κ2) is 8.93. The minimum Gasteiger partial charge on any atom is -0.387 e. The zero-order valence-corrected chi connectivity index (χ0v) is 18.3. The van der Waals surface area contributed by atoms with Crippen LogP contribution < -0.4 is 5.69 Å². The molecule has 1 aromatic rings. The molecular weight excluding hydrogens is 516 g/mol. The van der Waals surface area contributed by atoms with Gasteiger partial charge in [-0.25, -0.2) is 22.9 Å². The molecule has 7 N–H and O–H groups in total. The molecule has 2 rings (SSSR count). The number of halogens is 1. The van der Waals surface area contributed by atoms with Crippen LogP contribution in [0.3, 0.4) is 0 Å². The van der Waals surface area contributed by atoms with E-state index in [1.807, 2.05) is 4.98 Å². The van der Waals surface area contributed by atoms with Crippen molar-refractivity contribution in [1.29, 1.82) is 0 Å². The SMILES string of the molecule is [2H]C([2H])(OP(=O)(O)OP(=O)(O)OP(=O)(O)O)[C@H]1O[C@@H](n2cc(F)c(=S)[nH]c2=O)C(C)(O)[C@H]1O. The number of ether oxygens (including phenoxy) is 1. The number of aromatic amines is 1. The first-order valence-electron chi connectivity index (χ1n) is 8.49. The van der Waals surface area contributed by atoms with Gasteiger partial charge < -0.3 is 34.5 Å². The van der Waals surface area contributed by atoms with E-state index in [-0.39, 0.29) is 0 Å². The summed E-state index contributed by atoms with van der Waals surface area (Å²) in [7, 11) is -17.7. The summed E-state index contributed by atoms with van der Waals surface area (Å²) < 4.78 is 78.9. The van der Waals surface area contributed by atoms with Crippen LogP contribution in [0.5, 0.6) is 0 Å². The summed E-state index contributed by atoms with van der Waals surface area (Å²) in [6.45, 7) is -2.83. The lowest BCUT2D eigenvalue weighted by Crippen LogP contribution is -2.46. The van der Waals surface area contributed by atoms with E-state index in [4.69, 9.17) is 22.2 Å². The topological polar surface area (TPSA) is 247 Å². The third-order valence-corrected chi connectivity index (χ3v) is 7.50. The maximum absolute atomic E-state index is 13.8. The van der Waals surface area contributed by atoms with Crippen molar-refractivity contribution in [2.45, 2.75) is 31.0 Å². The second-order valence-electron chi connectivity index (χ2n) is 6.02. The first-order valence-corrected chi connectivity index (χ1v) is 12.4. The van der Waals surface area contributed by atoms with E-state index >= 15 is 0 Å². The molecule has 2 heterocycles. The summed E-state index contributed by atoms with van der Waals surface area (Å²) in [6, 6.07) is 0. The summed E-state index contributed by atoms with van der Waals surface area (Å²) in [4.78, 5) is 49.6. The van der Waals surface area contributed by atoms with E-state index in [1.54, 1.807) is 0 Å². The van der Waals surface area contributed by atoms with Crippen LogP contribution in [0.4, 0.5) is 4.39 Å². The summed E-state index contributed by atoms with van der Waals surface area (Å²) in [5.41, 5.74) is -3.72. The van der Waals surface area contributed by atoms with E-state index < -0.39 is 70.2 Å². The van der Waals surface area contributed by atoms with E-state index in [0.29, 0.717) is 10.8 Å². The maximum atomic E-state index is 13.8. The molecule has 6 atom stereocenters. The van der Waals surface area contributed by atoms with Crippen molar-refractivity contribution in [3.8, 4) is 0 Å². The van der Waals surface area contributed by atoms with Gasteiger partial charge in [0.15, 0.2) is 12.0 Å². The van der Waals surface area contributed by atoms with Crippen LogP contribution in [-0.4, -0.2) is 63.7 Å². The smallest absolute Gasteiger partial charge is 0.387 e. The van der Waals surface area contributed by atoms with Gasteiger partial charge in [0.25, 0.3) is 0 Å². The van der Waals surface area contributed by atoms with Gasteiger partial charge in [-0.3, -0.25) is 14.1 Å². The summed E-state index contributed by atoms with van der Waals surface area (Å²) in [5.74, 6) is -1.17. The Morgan fingerprint density at radius 3 is 2.45 bits per heavy atom. The number of phosphoric acid groups is 3. The molecule has 1 saturated heterocycles. The van der Waals surface area contributed by atoms with E-state index in [2.05, 4.69) is 25.4 Å². The number of nitrogens with zero attached hydrogens (tertiary/aromatic N) is 1. The molecule has 1 aliphatic rings. The molecular formula is C10H16FN2O14P3S. The number of hydrogen-bond donors (Lipinski definition) is 7. The predicted octanol–water partition coefficient (Wildman–Crippen LogP) is -0.602. The average molecular weight is 534 g/mol. The largest absolute Gasteiger partial charge is 0.490 e. The standard InChI is InChI=1S/C10H16FN2O14P3S/c1-10(16)6(14)5(25-8(10)13-2-4(11)7(31)12-9(13)15)3-24-29(20,21)27-30(22,23)26-28(17,18)19/h2,5-6,8,14,16H,3H2,1H3,(H,20,21)(H,22,23)(H,12,15,31)(H2,17,18,19)/t5-,6+,8-,10?/m1/s1/i3D2. The summed E-state index contributed by atoms with van der Waals surface area (Å²) in [5, 5.41) is 20.8. The van der Waals surface area contributed by atoms with Crippen LogP contribution in [-0.2, 0) is 31.6 Å². The van der Waals surface area contributed by atoms with Crippen LogP contribution in [0, 0.1) is 10.5 Å². The first kappa shape index (κ1) is 23.5. The molecule has 0 bridgehead atoms. The fourth-order valence-corrected chi connectivity index (χ4v) is 5.31. The van der Waals surface area contributed by atoms with Crippen LogP contribution in [0.15, 0.2) is 11.0 Å². The fraction of sp³-hybridized carbons (Fsp3) is 0.600. The zero-order chi connectivity index (χ0) is 25.8. The number of aromatic nitrogens is 2. The monoisotopic (exact) mass is 534 g/mol. The molecule has 0 amide bonds. The van der Waals surface area contributed by atoms with Gasteiger partial charge in [-0.1, -0.05) is 12.2 Å². The van der Waals surface area contributed by atoms with Gasteiger partial charge in [0, 0.05) is 0 Å². The third-order valence-electron chi connectivity index (χ3n) is 3.54. The van der Waals surface area contributed by atoms with Crippen LogP contribution in [0.2, 0.25) is 0 Å². The van der Waals surface area contributed by atoms with Crippen molar-refractivity contribution in [3.63, 3.8) is 0 Å². The van der Waals surface area contributed by atoms with Gasteiger partial charge in [-0.2, -0.15) is 8.62 Å². The highest BCUT2D eigenvalue weighted by Gasteiger charge is 2.54. The Kier molecular flexibility index (Phi) is 6.76. The van der Waals surface area contributed by atoms with Crippen LogP contribution >= 0.6 is 35.7 Å². The van der Waals surface area contributed by atoms with Crippen LogP contribution in [0.25, 0.3) is 0 Å². The molecule has 0 radical (unpaired) electrons. The molecule has 31 heavy (non-hydrogen) atoms. The van der Waals surface area contributed by atoms with Gasteiger partial charge in [0.2, 0.25) is 0 Å². The Morgan fingerprint density at radius 2 is 1.90 bits per heavy atom. The molecule has 0 saturated carbocycles. The molecule has 1 aromatic heterocycles. The molecule has 0 aromatic carbocycles. The van der Waals surface area contributed by atoms with Crippen molar-refractivity contribution in [2.24, 2.45) is 0 Å². The minimum absolute atomic E-state index is 0.356. The molecule has 0 aliphatic carbocycles. The molecule has 178 valence electrons. The summed E-state index contributed by atoms with van der Waals surface area (Å²) >= 11 is 4.52. The highest BCUT2D eigenvalue weighted by Crippen LogP contribution is 2.66. The third kappa shape index (κ3) is 6.66. The molecule has 3 unspecified atom stereocenters. The molecule has 1 fully saturated rings. The number of aliphatic hydroxyl groups is 2. The number of hydrogen-bond acceptors (Lipinski definition) is 11. The van der Waals surface area contributed by atoms with Gasteiger partial charge >= 0.3 is 29.2 Å². The second-order valence-corrected chi connectivity index (χ2v) is 10.8. The first-order chi connectivity index (χ1) is 14.6. The Bertz CT molecular complexity index is 1180.